The Hall–Kier alpha value is -1.79. The number of nitrogens with two attached hydrogens (primary N) is 1. The van der Waals surface area contributed by atoms with Gasteiger partial charge in [-0.05, 0) is 31.6 Å². The Balaban J connectivity index is 1.97. The molecule has 7 heteroatoms. The van der Waals surface area contributed by atoms with Crippen molar-refractivity contribution in [3.63, 3.8) is 0 Å². The number of urea groups is 1. The molecule has 3 amide bonds. The molecule has 20 heavy (non-hydrogen) atoms. The van der Waals surface area contributed by atoms with Gasteiger partial charge in [-0.3, -0.25) is 9.59 Å². The number of rotatable bonds is 5. The lowest BCUT2D eigenvalue weighted by Crippen LogP contribution is -2.49. The van der Waals surface area contributed by atoms with E-state index in [0.717, 1.165) is 19.3 Å². The maximum absolute atomic E-state index is 12.4. The maximum Gasteiger partial charge on any atom is 0.323 e. The van der Waals surface area contributed by atoms with Gasteiger partial charge < -0.3 is 20.6 Å². The minimum Gasteiger partial charge on any atom is -0.480 e. The zero-order valence-corrected chi connectivity index (χ0v) is 11.5. The van der Waals surface area contributed by atoms with E-state index in [-0.39, 0.29) is 18.4 Å². The molecule has 112 valence electrons. The van der Waals surface area contributed by atoms with Gasteiger partial charge >= 0.3 is 12.0 Å². The highest BCUT2D eigenvalue weighted by Crippen LogP contribution is 2.30. The summed E-state index contributed by atoms with van der Waals surface area (Å²) in [5.74, 6) is -1.05. The first-order valence-corrected chi connectivity index (χ1v) is 7.02. The third-order valence-electron chi connectivity index (χ3n) is 3.90. The molecule has 0 aromatic heterocycles. The number of aliphatic carboxylic acids is 1. The van der Waals surface area contributed by atoms with E-state index >= 15 is 0 Å². The van der Waals surface area contributed by atoms with Crippen molar-refractivity contribution in [1.29, 1.82) is 0 Å². The van der Waals surface area contributed by atoms with Crippen LogP contribution < -0.4 is 5.73 Å². The summed E-state index contributed by atoms with van der Waals surface area (Å²) in [6.45, 7) is 1.12. The SMILES string of the molecule is NC(=O)N1CCCC(C(=O)N(CC(=O)O)CC2CC2)C1. The Morgan fingerprint density at radius 3 is 2.50 bits per heavy atom. The first-order chi connectivity index (χ1) is 9.47. The molecule has 1 aliphatic heterocycles. The quantitative estimate of drug-likeness (QED) is 0.746. The van der Waals surface area contributed by atoms with Gasteiger partial charge in [0.2, 0.25) is 5.91 Å². The minimum absolute atomic E-state index is 0.162. The molecule has 1 aliphatic carbocycles. The van der Waals surface area contributed by atoms with Gasteiger partial charge in [-0.15, -0.1) is 0 Å². The Labute approximate surface area is 117 Å². The van der Waals surface area contributed by atoms with Gasteiger partial charge in [-0.1, -0.05) is 0 Å². The van der Waals surface area contributed by atoms with Gasteiger partial charge in [0.1, 0.15) is 6.54 Å². The highest BCUT2D eigenvalue weighted by Gasteiger charge is 2.34. The summed E-state index contributed by atoms with van der Waals surface area (Å²) in [4.78, 5) is 37.4. The van der Waals surface area contributed by atoms with Crippen molar-refractivity contribution in [3.8, 4) is 0 Å². The summed E-state index contributed by atoms with van der Waals surface area (Å²) in [5.41, 5.74) is 5.25. The summed E-state index contributed by atoms with van der Waals surface area (Å²) >= 11 is 0. The number of carbonyl (C=O) groups is 3. The summed E-state index contributed by atoms with van der Waals surface area (Å²) in [6.07, 6.45) is 3.52. The predicted molar refractivity (Wildman–Crippen MR) is 70.8 cm³/mol. The molecular formula is C13H21N3O4. The Morgan fingerprint density at radius 2 is 1.95 bits per heavy atom. The van der Waals surface area contributed by atoms with Crippen LogP contribution in [-0.2, 0) is 9.59 Å². The monoisotopic (exact) mass is 283 g/mol. The van der Waals surface area contributed by atoms with E-state index in [1.807, 2.05) is 0 Å². The number of carbonyl (C=O) groups excluding carboxylic acids is 2. The molecule has 1 unspecified atom stereocenters. The van der Waals surface area contributed by atoms with Gasteiger partial charge in [0.05, 0.1) is 5.92 Å². The Morgan fingerprint density at radius 1 is 1.25 bits per heavy atom. The van der Waals surface area contributed by atoms with E-state index in [1.54, 1.807) is 0 Å². The van der Waals surface area contributed by atoms with Crippen molar-refractivity contribution >= 4 is 17.9 Å². The number of hydrogen-bond donors (Lipinski definition) is 2. The molecule has 7 nitrogen and oxygen atoms in total. The summed E-state index contributed by atoms with van der Waals surface area (Å²) in [6, 6.07) is -0.519. The van der Waals surface area contributed by atoms with Crippen LogP contribution in [0.3, 0.4) is 0 Å². The van der Waals surface area contributed by atoms with Gasteiger partial charge in [-0.25, -0.2) is 4.79 Å². The second kappa shape index (κ2) is 6.11. The molecule has 0 bridgehead atoms. The molecule has 3 N–H and O–H groups in total. The number of hydrogen-bond acceptors (Lipinski definition) is 3. The fraction of sp³-hybridized carbons (Fsp3) is 0.769. The van der Waals surface area contributed by atoms with Crippen molar-refractivity contribution in [3.05, 3.63) is 0 Å². The molecule has 0 spiro atoms. The molecule has 1 heterocycles. The first-order valence-electron chi connectivity index (χ1n) is 7.02. The van der Waals surface area contributed by atoms with E-state index < -0.39 is 12.0 Å². The summed E-state index contributed by atoms with van der Waals surface area (Å²) in [7, 11) is 0. The standard InChI is InChI=1S/C13H21N3O4/c14-13(20)15-5-1-2-10(7-15)12(19)16(8-11(17)18)6-9-3-4-9/h9-10H,1-8H2,(H2,14,20)(H,17,18). The number of amides is 3. The molecule has 2 aliphatic rings. The normalized spacial score (nSPS) is 22.4. The molecule has 0 aromatic carbocycles. The third-order valence-corrected chi connectivity index (χ3v) is 3.90. The van der Waals surface area contributed by atoms with E-state index in [4.69, 9.17) is 10.8 Å². The summed E-state index contributed by atoms with van der Waals surface area (Å²) in [5, 5.41) is 8.93. The predicted octanol–water partition coefficient (Wildman–Crippen LogP) is 0.100. The molecular weight excluding hydrogens is 262 g/mol. The average molecular weight is 283 g/mol. The van der Waals surface area contributed by atoms with Crippen LogP contribution in [0.4, 0.5) is 4.79 Å². The lowest BCUT2D eigenvalue weighted by Gasteiger charge is -2.33. The second-order valence-corrected chi connectivity index (χ2v) is 5.68. The van der Waals surface area contributed by atoms with Crippen molar-refractivity contribution in [2.75, 3.05) is 26.2 Å². The largest absolute Gasteiger partial charge is 0.480 e. The minimum atomic E-state index is -0.999. The lowest BCUT2D eigenvalue weighted by molar-refractivity contribution is -0.147. The van der Waals surface area contributed by atoms with E-state index in [1.165, 1.54) is 9.80 Å². The number of likely N-dealkylation sites (tertiary alicyclic amines) is 1. The van der Waals surface area contributed by atoms with Crippen LogP contribution in [0.25, 0.3) is 0 Å². The third kappa shape index (κ3) is 3.85. The van der Waals surface area contributed by atoms with Crippen LogP contribution in [0.2, 0.25) is 0 Å². The first kappa shape index (κ1) is 14.6. The van der Waals surface area contributed by atoms with E-state index in [0.29, 0.717) is 32.0 Å². The second-order valence-electron chi connectivity index (χ2n) is 5.68. The van der Waals surface area contributed by atoms with Crippen molar-refractivity contribution in [1.82, 2.24) is 9.80 Å². The van der Waals surface area contributed by atoms with Crippen molar-refractivity contribution < 1.29 is 19.5 Å². The maximum atomic E-state index is 12.4. The van der Waals surface area contributed by atoms with Crippen LogP contribution in [-0.4, -0.2) is 59.0 Å². The van der Waals surface area contributed by atoms with Crippen LogP contribution in [0.15, 0.2) is 0 Å². The summed E-state index contributed by atoms with van der Waals surface area (Å²) < 4.78 is 0. The lowest BCUT2D eigenvalue weighted by atomic mass is 9.96. The number of piperidine rings is 1. The molecule has 0 radical (unpaired) electrons. The van der Waals surface area contributed by atoms with Crippen LogP contribution >= 0.6 is 0 Å². The molecule has 1 saturated heterocycles. The van der Waals surface area contributed by atoms with Gasteiger partial charge in [0.15, 0.2) is 0 Å². The van der Waals surface area contributed by atoms with Gasteiger partial charge in [-0.2, -0.15) is 0 Å². The number of nitrogens with zero attached hydrogens (tertiary/aromatic N) is 2. The molecule has 0 aromatic rings. The van der Waals surface area contributed by atoms with Gasteiger partial charge in [0.25, 0.3) is 0 Å². The van der Waals surface area contributed by atoms with Gasteiger partial charge in [0, 0.05) is 19.6 Å². The zero-order valence-electron chi connectivity index (χ0n) is 11.5. The van der Waals surface area contributed by atoms with E-state index in [9.17, 15) is 14.4 Å². The average Bonchev–Trinajstić information content (AvgIpc) is 3.20. The highest BCUT2D eigenvalue weighted by atomic mass is 16.4. The topological polar surface area (TPSA) is 104 Å². The van der Waals surface area contributed by atoms with Crippen LogP contribution in [0.5, 0.6) is 0 Å². The zero-order chi connectivity index (χ0) is 14.7. The van der Waals surface area contributed by atoms with Crippen molar-refractivity contribution in [2.45, 2.75) is 25.7 Å². The van der Waals surface area contributed by atoms with Crippen LogP contribution in [0.1, 0.15) is 25.7 Å². The molecule has 2 rings (SSSR count). The van der Waals surface area contributed by atoms with Crippen molar-refractivity contribution in [2.24, 2.45) is 17.6 Å². The molecule has 1 atom stereocenters. The van der Waals surface area contributed by atoms with E-state index in [2.05, 4.69) is 0 Å². The number of carboxylic acid groups (broad SMARTS) is 1. The number of primary amides is 1. The Kier molecular flexibility index (Phi) is 4.46. The highest BCUT2D eigenvalue weighted by molar-refractivity contribution is 5.84. The number of carboxylic acids is 1. The fourth-order valence-corrected chi connectivity index (χ4v) is 2.64. The van der Waals surface area contributed by atoms with Crippen LogP contribution in [0, 0.1) is 11.8 Å². The Bertz CT molecular complexity index is 408. The molecule has 1 saturated carbocycles. The fourth-order valence-electron chi connectivity index (χ4n) is 2.64. The smallest absolute Gasteiger partial charge is 0.323 e. The molecule has 2 fully saturated rings.